The van der Waals surface area contributed by atoms with E-state index in [0.29, 0.717) is 0 Å². The summed E-state index contributed by atoms with van der Waals surface area (Å²) in [4.78, 5) is 4.17. The Labute approximate surface area is 127 Å². The van der Waals surface area contributed by atoms with E-state index in [0.717, 1.165) is 5.75 Å². The van der Waals surface area contributed by atoms with Gasteiger partial charge in [0.25, 0.3) is 0 Å². The Balaban J connectivity index is 1.98. The molecule has 0 aliphatic carbocycles. The Kier molecular flexibility index (Phi) is 5.34. The second-order valence-electron chi connectivity index (χ2n) is 5.63. The van der Waals surface area contributed by atoms with Crippen LogP contribution in [0.4, 0.5) is 0 Å². The molecule has 3 nitrogen and oxygen atoms in total. The number of ether oxygens (including phenoxy) is 1. The second kappa shape index (κ2) is 7.23. The van der Waals surface area contributed by atoms with Gasteiger partial charge in [0, 0.05) is 24.5 Å². The van der Waals surface area contributed by atoms with Gasteiger partial charge in [-0.15, -0.1) is 0 Å². The van der Waals surface area contributed by atoms with E-state index in [-0.39, 0.29) is 18.2 Å². The highest BCUT2D eigenvalue weighted by atomic mass is 16.5. The minimum Gasteiger partial charge on any atom is -0.491 e. The summed E-state index contributed by atoms with van der Waals surface area (Å²) in [7, 11) is 0. The first-order chi connectivity index (χ1) is 10.1. The molecule has 0 fully saturated rings. The number of hydrogen-bond acceptors (Lipinski definition) is 3. The van der Waals surface area contributed by atoms with Crippen LogP contribution in [-0.4, -0.2) is 11.1 Å². The normalized spacial score (nSPS) is 14.0. The van der Waals surface area contributed by atoms with Crippen LogP contribution < -0.4 is 10.1 Å². The van der Waals surface area contributed by atoms with E-state index >= 15 is 0 Å². The van der Waals surface area contributed by atoms with Crippen molar-refractivity contribution in [1.82, 2.24) is 10.3 Å². The molecule has 1 heterocycles. The number of rotatable bonds is 6. The van der Waals surface area contributed by atoms with Crippen LogP contribution in [0.25, 0.3) is 0 Å². The molecule has 2 rings (SSSR count). The van der Waals surface area contributed by atoms with Gasteiger partial charge < -0.3 is 10.1 Å². The molecule has 112 valence electrons. The van der Waals surface area contributed by atoms with E-state index in [1.165, 1.54) is 11.1 Å². The van der Waals surface area contributed by atoms with Gasteiger partial charge in [0.15, 0.2) is 0 Å². The number of aromatic nitrogens is 1. The fourth-order valence-corrected chi connectivity index (χ4v) is 2.31. The Bertz CT molecular complexity index is 537. The van der Waals surface area contributed by atoms with Gasteiger partial charge in [-0.3, -0.25) is 4.98 Å². The smallest absolute Gasteiger partial charge is 0.119 e. The van der Waals surface area contributed by atoms with E-state index < -0.39 is 0 Å². The van der Waals surface area contributed by atoms with Gasteiger partial charge in [-0.25, -0.2) is 0 Å². The van der Waals surface area contributed by atoms with Crippen LogP contribution in [0.3, 0.4) is 0 Å². The minimum absolute atomic E-state index is 0.206. The maximum absolute atomic E-state index is 5.67. The average molecular weight is 284 g/mol. The molecule has 21 heavy (non-hydrogen) atoms. The van der Waals surface area contributed by atoms with Gasteiger partial charge in [-0.2, -0.15) is 0 Å². The third-order valence-electron chi connectivity index (χ3n) is 3.44. The molecule has 1 aromatic heterocycles. The van der Waals surface area contributed by atoms with Crippen molar-refractivity contribution in [2.45, 2.75) is 45.9 Å². The predicted octanol–water partition coefficient (Wildman–Crippen LogP) is 4.28. The lowest BCUT2D eigenvalue weighted by atomic mass is 10.1. The lowest BCUT2D eigenvalue weighted by Crippen LogP contribution is -2.22. The molecule has 2 aromatic rings. The number of nitrogens with zero attached hydrogens (tertiary/aromatic N) is 1. The van der Waals surface area contributed by atoms with Crippen molar-refractivity contribution in [1.29, 1.82) is 0 Å². The standard InChI is InChI=1S/C18H24N2O/c1-13(2)21-18-9-7-16(8-10-18)14(3)20-15(4)17-6-5-11-19-12-17/h5-15,20H,1-4H3. The van der Waals surface area contributed by atoms with Gasteiger partial charge in [0.1, 0.15) is 5.75 Å². The van der Waals surface area contributed by atoms with Crippen LogP contribution in [0.1, 0.15) is 50.9 Å². The Morgan fingerprint density at radius 1 is 0.905 bits per heavy atom. The summed E-state index contributed by atoms with van der Waals surface area (Å²) in [6.07, 6.45) is 3.91. The number of pyridine rings is 1. The first-order valence-corrected chi connectivity index (χ1v) is 7.49. The quantitative estimate of drug-likeness (QED) is 0.859. The summed E-state index contributed by atoms with van der Waals surface area (Å²) in [5.41, 5.74) is 2.45. The van der Waals surface area contributed by atoms with E-state index in [1.54, 1.807) is 6.20 Å². The Morgan fingerprint density at radius 2 is 1.57 bits per heavy atom. The average Bonchev–Trinajstić information content (AvgIpc) is 2.48. The fraction of sp³-hybridized carbons (Fsp3) is 0.389. The predicted molar refractivity (Wildman–Crippen MR) is 86.4 cm³/mol. The van der Waals surface area contributed by atoms with Crippen molar-refractivity contribution in [2.24, 2.45) is 0 Å². The molecule has 1 aromatic carbocycles. The fourth-order valence-electron chi connectivity index (χ4n) is 2.31. The van der Waals surface area contributed by atoms with Crippen LogP contribution >= 0.6 is 0 Å². The summed E-state index contributed by atoms with van der Waals surface area (Å²) in [6.45, 7) is 8.40. The van der Waals surface area contributed by atoms with Crippen LogP contribution in [0, 0.1) is 0 Å². The SMILES string of the molecule is CC(C)Oc1ccc(C(C)NC(C)c2cccnc2)cc1. The zero-order valence-electron chi connectivity index (χ0n) is 13.2. The van der Waals surface area contributed by atoms with Crippen LogP contribution in [0.5, 0.6) is 5.75 Å². The highest BCUT2D eigenvalue weighted by Crippen LogP contribution is 2.21. The van der Waals surface area contributed by atoms with Crippen molar-refractivity contribution >= 4 is 0 Å². The highest BCUT2D eigenvalue weighted by Gasteiger charge is 2.11. The molecule has 0 aliphatic heterocycles. The molecule has 2 unspecified atom stereocenters. The van der Waals surface area contributed by atoms with Gasteiger partial charge >= 0.3 is 0 Å². The van der Waals surface area contributed by atoms with Crippen molar-refractivity contribution in [3.8, 4) is 5.75 Å². The van der Waals surface area contributed by atoms with Gasteiger partial charge in [0.2, 0.25) is 0 Å². The van der Waals surface area contributed by atoms with Crippen molar-refractivity contribution in [3.63, 3.8) is 0 Å². The lowest BCUT2D eigenvalue weighted by Gasteiger charge is -2.21. The minimum atomic E-state index is 0.206. The summed E-state index contributed by atoms with van der Waals surface area (Å²) < 4.78 is 5.67. The van der Waals surface area contributed by atoms with Gasteiger partial charge in [-0.05, 0) is 57.0 Å². The number of hydrogen-bond donors (Lipinski definition) is 1. The molecular formula is C18H24N2O. The van der Waals surface area contributed by atoms with Gasteiger partial charge in [0.05, 0.1) is 6.10 Å². The first kappa shape index (κ1) is 15.5. The molecular weight excluding hydrogens is 260 g/mol. The van der Waals surface area contributed by atoms with Crippen molar-refractivity contribution < 1.29 is 4.74 Å². The second-order valence-corrected chi connectivity index (χ2v) is 5.63. The highest BCUT2D eigenvalue weighted by molar-refractivity contribution is 5.29. The molecule has 0 saturated heterocycles. The van der Waals surface area contributed by atoms with Crippen LogP contribution in [0.2, 0.25) is 0 Å². The van der Waals surface area contributed by atoms with Crippen LogP contribution in [-0.2, 0) is 0 Å². The van der Waals surface area contributed by atoms with E-state index in [4.69, 9.17) is 4.74 Å². The van der Waals surface area contributed by atoms with Crippen molar-refractivity contribution in [2.75, 3.05) is 0 Å². The number of nitrogens with one attached hydrogen (secondary N) is 1. The Hall–Kier alpha value is -1.87. The monoisotopic (exact) mass is 284 g/mol. The molecule has 0 spiro atoms. The maximum atomic E-state index is 5.67. The zero-order valence-corrected chi connectivity index (χ0v) is 13.2. The maximum Gasteiger partial charge on any atom is 0.119 e. The molecule has 0 radical (unpaired) electrons. The summed E-state index contributed by atoms with van der Waals surface area (Å²) in [6, 6.07) is 12.9. The van der Waals surface area contributed by atoms with Gasteiger partial charge in [-0.1, -0.05) is 18.2 Å². The summed E-state index contributed by atoms with van der Waals surface area (Å²) in [5.74, 6) is 0.918. The number of benzene rings is 1. The molecule has 1 N–H and O–H groups in total. The summed E-state index contributed by atoms with van der Waals surface area (Å²) in [5, 5.41) is 3.59. The molecule has 0 bridgehead atoms. The zero-order chi connectivity index (χ0) is 15.2. The lowest BCUT2D eigenvalue weighted by molar-refractivity contribution is 0.242. The topological polar surface area (TPSA) is 34.1 Å². The van der Waals surface area contributed by atoms with E-state index in [2.05, 4.69) is 42.3 Å². The third-order valence-corrected chi connectivity index (χ3v) is 3.44. The molecule has 0 amide bonds. The van der Waals surface area contributed by atoms with E-state index in [1.807, 2.05) is 38.2 Å². The molecule has 0 aliphatic rings. The molecule has 3 heteroatoms. The third kappa shape index (κ3) is 4.57. The Morgan fingerprint density at radius 3 is 2.14 bits per heavy atom. The summed E-state index contributed by atoms with van der Waals surface area (Å²) >= 11 is 0. The largest absolute Gasteiger partial charge is 0.491 e. The van der Waals surface area contributed by atoms with Crippen molar-refractivity contribution in [3.05, 3.63) is 59.9 Å². The first-order valence-electron chi connectivity index (χ1n) is 7.49. The van der Waals surface area contributed by atoms with Crippen LogP contribution in [0.15, 0.2) is 48.8 Å². The van der Waals surface area contributed by atoms with E-state index in [9.17, 15) is 0 Å². The molecule has 0 saturated carbocycles. The molecule has 2 atom stereocenters.